The van der Waals surface area contributed by atoms with Crippen LogP contribution in [0, 0.1) is 6.92 Å². The maximum Gasteiger partial charge on any atom is 0.172 e. The average molecular weight is 387 g/mol. The van der Waals surface area contributed by atoms with E-state index < -0.39 is 0 Å². The summed E-state index contributed by atoms with van der Waals surface area (Å²) in [5.41, 5.74) is 4.96. The van der Waals surface area contributed by atoms with E-state index in [1.54, 1.807) is 6.20 Å². The van der Waals surface area contributed by atoms with E-state index in [4.69, 9.17) is 11.6 Å². The molecule has 136 valence electrons. The first-order chi connectivity index (χ1) is 13.7. The summed E-state index contributed by atoms with van der Waals surface area (Å²) in [6, 6.07) is 19.6. The summed E-state index contributed by atoms with van der Waals surface area (Å²) >= 11 is 6.31. The number of fused-ring (bicyclic) bond motifs is 2. The first kappa shape index (κ1) is 16.6. The lowest BCUT2D eigenvalue weighted by Gasteiger charge is -2.08. The van der Waals surface area contributed by atoms with Gasteiger partial charge in [0.1, 0.15) is 0 Å². The third-order valence-corrected chi connectivity index (χ3v) is 4.76. The standard InChI is InChI=1S/C21H15ClN6/c1-13-16-11-14(12-23-21(16)28(27-13)15-7-3-2-4-8-15)24-20-19(22)25-17-9-5-6-10-18(17)26-20/h2-12H,1H3,(H,24,26). The van der Waals surface area contributed by atoms with Crippen molar-refractivity contribution in [1.82, 2.24) is 24.7 Å². The molecule has 0 aliphatic carbocycles. The van der Waals surface area contributed by atoms with Crippen molar-refractivity contribution in [2.45, 2.75) is 6.92 Å². The predicted octanol–water partition coefficient (Wildman–Crippen LogP) is 5.07. The second-order valence-corrected chi connectivity index (χ2v) is 6.76. The summed E-state index contributed by atoms with van der Waals surface area (Å²) in [6.45, 7) is 1.97. The van der Waals surface area contributed by atoms with E-state index in [-0.39, 0.29) is 0 Å². The SMILES string of the molecule is Cc1nn(-c2ccccc2)c2ncc(Nc3nc4ccccc4nc3Cl)cc12. The first-order valence-corrected chi connectivity index (χ1v) is 9.17. The molecular weight excluding hydrogens is 372 g/mol. The molecule has 0 amide bonds. The van der Waals surface area contributed by atoms with Crippen molar-refractivity contribution in [3.8, 4) is 5.69 Å². The van der Waals surface area contributed by atoms with Gasteiger partial charge in [-0.2, -0.15) is 5.10 Å². The number of benzene rings is 2. The maximum atomic E-state index is 6.31. The second kappa shape index (κ2) is 6.58. The predicted molar refractivity (Wildman–Crippen MR) is 111 cm³/mol. The molecule has 6 nitrogen and oxygen atoms in total. The number of anilines is 2. The van der Waals surface area contributed by atoms with E-state index in [0.717, 1.165) is 39.1 Å². The molecule has 3 aromatic heterocycles. The first-order valence-electron chi connectivity index (χ1n) is 8.79. The third kappa shape index (κ3) is 2.84. The van der Waals surface area contributed by atoms with Gasteiger partial charge in [0.25, 0.3) is 0 Å². The van der Waals surface area contributed by atoms with Crippen molar-refractivity contribution in [1.29, 1.82) is 0 Å². The normalized spacial score (nSPS) is 11.2. The lowest BCUT2D eigenvalue weighted by atomic mass is 10.2. The van der Waals surface area contributed by atoms with Crippen molar-refractivity contribution in [3.63, 3.8) is 0 Å². The molecule has 0 saturated carbocycles. The Bertz CT molecular complexity index is 1310. The summed E-state index contributed by atoms with van der Waals surface area (Å²) in [5, 5.41) is 9.14. The molecule has 1 N–H and O–H groups in total. The molecule has 2 aromatic carbocycles. The minimum Gasteiger partial charge on any atom is -0.336 e. The van der Waals surface area contributed by atoms with Gasteiger partial charge in [-0.15, -0.1) is 0 Å². The van der Waals surface area contributed by atoms with Crippen LogP contribution < -0.4 is 5.32 Å². The van der Waals surface area contributed by atoms with E-state index in [0.29, 0.717) is 11.0 Å². The number of halogens is 1. The van der Waals surface area contributed by atoms with Crippen LogP contribution >= 0.6 is 11.6 Å². The number of hydrogen-bond donors (Lipinski definition) is 1. The molecule has 0 aliphatic heterocycles. The molecule has 7 heteroatoms. The number of nitrogens with zero attached hydrogens (tertiary/aromatic N) is 5. The van der Waals surface area contributed by atoms with Gasteiger partial charge < -0.3 is 5.32 Å². The number of para-hydroxylation sites is 3. The number of rotatable bonds is 3. The molecular formula is C21H15ClN6. The summed E-state index contributed by atoms with van der Waals surface area (Å²) in [4.78, 5) is 13.6. The Kier molecular flexibility index (Phi) is 3.91. The van der Waals surface area contributed by atoms with Crippen molar-refractivity contribution in [2.75, 3.05) is 5.32 Å². The van der Waals surface area contributed by atoms with Crippen molar-refractivity contribution in [2.24, 2.45) is 0 Å². The third-order valence-electron chi connectivity index (χ3n) is 4.50. The Morgan fingerprint density at radius 2 is 1.64 bits per heavy atom. The molecule has 0 unspecified atom stereocenters. The lowest BCUT2D eigenvalue weighted by Crippen LogP contribution is -1.99. The molecule has 0 radical (unpaired) electrons. The van der Waals surface area contributed by atoms with Crippen LogP contribution in [0.15, 0.2) is 66.9 Å². The minimum absolute atomic E-state index is 0.315. The van der Waals surface area contributed by atoms with Gasteiger partial charge in [0.15, 0.2) is 16.6 Å². The topological polar surface area (TPSA) is 68.5 Å². The zero-order valence-corrected chi connectivity index (χ0v) is 15.7. The van der Waals surface area contributed by atoms with E-state index in [9.17, 15) is 0 Å². The van der Waals surface area contributed by atoms with Gasteiger partial charge in [-0.3, -0.25) is 0 Å². The molecule has 5 rings (SSSR count). The average Bonchev–Trinajstić information content (AvgIpc) is 3.05. The van der Waals surface area contributed by atoms with Gasteiger partial charge in [-0.05, 0) is 37.3 Å². The zero-order valence-electron chi connectivity index (χ0n) is 15.0. The molecule has 0 atom stereocenters. The number of hydrogen-bond acceptors (Lipinski definition) is 5. The maximum absolute atomic E-state index is 6.31. The molecule has 0 aliphatic rings. The van der Waals surface area contributed by atoms with E-state index in [2.05, 4.69) is 25.4 Å². The van der Waals surface area contributed by atoms with Crippen LogP contribution in [0.4, 0.5) is 11.5 Å². The Balaban J connectivity index is 1.56. The largest absolute Gasteiger partial charge is 0.336 e. The molecule has 5 aromatic rings. The number of pyridine rings is 1. The van der Waals surface area contributed by atoms with E-state index in [1.807, 2.05) is 72.3 Å². The Labute approximate surface area is 165 Å². The van der Waals surface area contributed by atoms with Crippen molar-refractivity contribution < 1.29 is 0 Å². The Morgan fingerprint density at radius 3 is 2.43 bits per heavy atom. The van der Waals surface area contributed by atoms with Crippen LogP contribution in [0.25, 0.3) is 27.8 Å². The van der Waals surface area contributed by atoms with Crippen LogP contribution in [0.1, 0.15) is 5.69 Å². The zero-order chi connectivity index (χ0) is 19.1. The van der Waals surface area contributed by atoms with Crippen LogP contribution in [0.3, 0.4) is 0 Å². The fraction of sp³-hybridized carbons (Fsp3) is 0.0476. The van der Waals surface area contributed by atoms with Crippen LogP contribution in [0.2, 0.25) is 5.15 Å². The fourth-order valence-corrected chi connectivity index (χ4v) is 3.34. The van der Waals surface area contributed by atoms with E-state index in [1.165, 1.54) is 0 Å². The highest BCUT2D eigenvalue weighted by Gasteiger charge is 2.13. The summed E-state index contributed by atoms with van der Waals surface area (Å²) in [6.07, 6.45) is 1.75. The molecule has 0 saturated heterocycles. The second-order valence-electron chi connectivity index (χ2n) is 6.40. The van der Waals surface area contributed by atoms with Crippen LogP contribution in [0.5, 0.6) is 0 Å². The van der Waals surface area contributed by atoms with Crippen molar-refractivity contribution >= 4 is 45.2 Å². The highest BCUT2D eigenvalue weighted by atomic mass is 35.5. The molecule has 0 bridgehead atoms. The number of nitrogens with one attached hydrogen (secondary N) is 1. The van der Waals surface area contributed by atoms with E-state index >= 15 is 0 Å². The van der Waals surface area contributed by atoms with Crippen LogP contribution in [-0.4, -0.2) is 24.7 Å². The van der Waals surface area contributed by atoms with Gasteiger partial charge in [0.05, 0.1) is 34.3 Å². The smallest absolute Gasteiger partial charge is 0.172 e. The van der Waals surface area contributed by atoms with Gasteiger partial charge in [-0.1, -0.05) is 41.9 Å². The van der Waals surface area contributed by atoms with Gasteiger partial charge in [-0.25, -0.2) is 19.6 Å². The Hall–Kier alpha value is -3.51. The highest BCUT2D eigenvalue weighted by molar-refractivity contribution is 6.32. The van der Waals surface area contributed by atoms with Gasteiger partial charge >= 0.3 is 0 Å². The number of aromatic nitrogens is 5. The molecule has 28 heavy (non-hydrogen) atoms. The molecule has 3 heterocycles. The van der Waals surface area contributed by atoms with Crippen LogP contribution in [-0.2, 0) is 0 Å². The van der Waals surface area contributed by atoms with Crippen molar-refractivity contribution in [3.05, 3.63) is 77.7 Å². The summed E-state index contributed by atoms with van der Waals surface area (Å²) in [7, 11) is 0. The monoisotopic (exact) mass is 386 g/mol. The summed E-state index contributed by atoms with van der Waals surface area (Å²) in [5.74, 6) is 0.495. The summed E-state index contributed by atoms with van der Waals surface area (Å²) < 4.78 is 1.84. The quantitative estimate of drug-likeness (QED) is 0.469. The molecule has 0 spiro atoms. The molecule has 0 fully saturated rings. The highest BCUT2D eigenvalue weighted by Crippen LogP contribution is 2.27. The van der Waals surface area contributed by atoms with Gasteiger partial charge in [0.2, 0.25) is 0 Å². The number of aryl methyl sites for hydroxylation is 1. The van der Waals surface area contributed by atoms with Gasteiger partial charge in [0, 0.05) is 5.39 Å². The Morgan fingerprint density at radius 1 is 0.929 bits per heavy atom. The fourth-order valence-electron chi connectivity index (χ4n) is 3.16. The lowest BCUT2D eigenvalue weighted by molar-refractivity contribution is 0.878. The minimum atomic E-state index is 0.315.